The zero-order chi connectivity index (χ0) is 48.9. The lowest BCUT2D eigenvalue weighted by Crippen LogP contribution is -2.65. The van der Waals surface area contributed by atoms with Crippen molar-refractivity contribution in [2.24, 2.45) is 0 Å². The van der Waals surface area contributed by atoms with Crippen LogP contribution in [-0.4, -0.2) is 140 Å². The quantitative estimate of drug-likeness (QED) is 0.0211. The Hall–Kier alpha value is -1.53. The van der Waals surface area contributed by atoms with Crippen LogP contribution in [0.15, 0.2) is 24.3 Å². The summed E-state index contributed by atoms with van der Waals surface area (Å²) in [5.41, 5.74) is 0. The van der Waals surface area contributed by atoms with Crippen molar-refractivity contribution >= 4 is 5.91 Å². The Balaban J connectivity index is 1.74. The Morgan fingerprint density at radius 1 is 0.522 bits per heavy atom. The normalized spacial score (nSPS) is 26.7. The van der Waals surface area contributed by atoms with Gasteiger partial charge in [-0.05, 0) is 32.1 Å². The van der Waals surface area contributed by atoms with Crippen LogP contribution in [0, 0.1) is 0 Å². The second-order valence-electron chi connectivity index (χ2n) is 19.4. The van der Waals surface area contributed by atoms with Crippen molar-refractivity contribution in [3.05, 3.63) is 24.3 Å². The summed E-state index contributed by atoms with van der Waals surface area (Å²) < 4.78 is 22.7. The van der Waals surface area contributed by atoms with E-state index in [2.05, 4.69) is 31.3 Å². The summed E-state index contributed by atoms with van der Waals surface area (Å²) in [6.07, 6.45) is 28.1. The third-order valence-electron chi connectivity index (χ3n) is 13.4. The average molecular weight is 958 g/mol. The summed E-state index contributed by atoms with van der Waals surface area (Å²) in [6.45, 7) is 2.74. The molecule has 12 atom stereocenters. The highest BCUT2D eigenvalue weighted by molar-refractivity contribution is 5.76. The molecular formula is C53H99NO13. The number of aliphatic hydroxyl groups excluding tert-OH is 8. The van der Waals surface area contributed by atoms with Crippen LogP contribution in [0.2, 0.25) is 0 Å². The molecule has 1 amide bonds. The highest BCUT2D eigenvalue weighted by Gasteiger charge is 2.51. The molecule has 0 aromatic carbocycles. The summed E-state index contributed by atoms with van der Waals surface area (Å²) in [7, 11) is 0. The van der Waals surface area contributed by atoms with E-state index < -0.39 is 86.8 Å². The molecule has 12 unspecified atom stereocenters. The van der Waals surface area contributed by atoms with Crippen LogP contribution in [0.25, 0.3) is 0 Å². The molecule has 2 heterocycles. The van der Waals surface area contributed by atoms with Crippen LogP contribution in [-0.2, 0) is 23.7 Å². The maximum absolute atomic E-state index is 13.2. The molecule has 14 nitrogen and oxygen atoms in total. The number of rotatable bonds is 42. The number of hydrogen-bond acceptors (Lipinski definition) is 13. The van der Waals surface area contributed by atoms with Crippen molar-refractivity contribution in [3.63, 3.8) is 0 Å². The van der Waals surface area contributed by atoms with Gasteiger partial charge in [-0.2, -0.15) is 0 Å². The third kappa shape index (κ3) is 27.0. The van der Waals surface area contributed by atoms with Gasteiger partial charge in [-0.3, -0.25) is 4.79 Å². The van der Waals surface area contributed by atoms with Crippen LogP contribution in [0.3, 0.4) is 0 Å². The molecule has 2 aliphatic rings. The Bertz CT molecular complexity index is 1220. The number of ether oxygens (including phenoxy) is 4. The zero-order valence-electron chi connectivity index (χ0n) is 41.9. The lowest BCUT2D eigenvalue weighted by atomic mass is 9.97. The van der Waals surface area contributed by atoms with Gasteiger partial charge in [0.15, 0.2) is 12.6 Å². The number of unbranched alkanes of at least 4 members (excludes halogenated alkanes) is 27. The first-order chi connectivity index (χ1) is 32.6. The van der Waals surface area contributed by atoms with Crippen LogP contribution in [0.5, 0.6) is 0 Å². The predicted octanol–water partition coefficient (Wildman–Crippen LogP) is 7.72. The number of hydrogen-bond donors (Lipinski definition) is 9. The first kappa shape index (κ1) is 61.6. The fourth-order valence-electron chi connectivity index (χ4n) is 8.95. The molecule has 0 spiro atoms. The topological polar surface area (TPSA) is 228 Å². The van der Waals surface area contributed by atoms with E-state index in [0.29, 0.717) is 12.8 Å². The van der Waals surface area contributed by atoms with Gasteiger partial charge in [0.25, 0.3) is 0 Å². The van der Waals surface area contributed by atoms with Gasteiger partial charge in [-0.1, -0.05) is 199 Å². The van der Waals surface area contributed by atoms with E-state index in [-0.39, 0.29) is 18.9 Å². The Kier molecular flexibility index (Phi) is 36.9. The van der Waals surface area contributed by atoms with Crippen molar-refractivity contribution < 1.29 is 64.6 Å². The van der Waals surface area contributed by atoms with Crippen molar-refractivity contribution in [2.75, 3.05) is 19.8 Å². The van der Waals surface area contributed by atoms with Gasteiger partial charge in [0, 0.05) is 6.42 Å². The summed E-state index contributed by atoms with van der Waals surface area (Å²) in [4.78, 5) is 13.2. The molecule has 0 saturated carbocycles. The van der Waals surface area contributed by atoms with E-state index >= 15 is 0 Å². The Morgan fingerprint density at radius 3 is 1.46 bits per heavy atom. The first-order valence-electron chi connectivity index (χ1n) is 27.1. The predicted molar refractivity (Wildman–Crippen MR) is 263 cm³/mol. The van der Waals surface area contributed by atoms with Gasteiger partial charge in [0.05, 0.1) is 32.0 Å². The van der Waals surface area contributed by atoms with E-state index in [4.69, 9.17) is 18.9 Å². The van der Waals surface area contributed by atoms with Crippen LogP contribution in [0.4, 0.5) is 0 Å². The summed E-state index contributed by atoms with van der Waals surface area (Å²) in [6, 6.07) is -0.925. The van der Waals surface area contributed by atoms with E-state index in [0.717, 1.165) is 32.1 Å². The number of carbonyl (C=O) groups excluding carboxylic acids is 1. The van der Waals surface area contributed by atoms with Crippen molar-refractivity contribution in [1.29, 1.82) is 0 Å². The van der Waals surface area contributed by atoms with Gasteiger partial charge in [0.1, 0.15) is 48.8 Å². The number of nitrogens with one attached hydrogen (secondary N) is 1. The lowest BCUT2D eigenvalue weighted by Gasteiger charge is -2.46. The smallest absolute Gasteiger partial charge is 0.220 e. The maximum Gasteiger partial charge on any atom is 0.220 e. The summed E-state index contributed by atoms with van der Waals surface area (Å²) in [5, 5.41) is 86.6. The van der Waals surface area contributed by atoms with E-state index in [1.807, 2.05) is 6.08 Å². The molecule has 0 aromatic heterocycles. The molecule has 0 radical (unpaired) electrons. The molecule has 2 rings (SSSR count). The van der Waals surface area contributed by atoms with Crippen molar-refractivity contribution in [2.45, 2.75) is 286 Å². The zero-order valence-corrected chi connectivity index (χ0v) is 41.9. The Morgan fingerprint density at radius 2 is 0.955 bits per heavy atom. The minimum absolute atomic E-state index is 0.248. The molecule has 0 aliphatic carbocycles. The molecule has 2 aliphatic heterocycles. The van der Waals surface area contributed by atoms with Crippen LogP contribution in [0.1, 0.15) is 213 Å². The molecule has 14 heteroatoms. The maximum atomic E-state index is 13.2. The molecule has 67 heavy (non-hydrogen) atoms. The fraction of sp³-hybridized carbons (Fsp3) is 0.906. The molecule has 0 bridgehead atoms. The highest BCUT2D eigenvalue weighted by Crippen LogP contribution is 2.30. The number of amides is 1. The van der Waals surface area contributed by atoms with Gasteiger partial charge in [-0.25, -0.2) is 0 Å². The number of allylic oxidation sites excluding steroid dienone is 3. The molecule has 394 valence electrons. The lowest BCUT2D eigenvalue weighted by molar-refractivity contribution is -0.359. The van der Waals surface area contributed by atoms with Gasteiger partial charge < -0.3 is 65.1 Å². The number of aliphatic hydroxyl groups is 8. The third-order valence-corrected chi connectivity index (χ3v) is 13.4. The van der Waals surface area contributed by atoms with E-state index in [1.165, 1.54) is 148 Å². The van der Waals surface area contributed by atoms with Gasteiger partial charge >= 0.3 is 0 Å². The molecular weight excluding hydrogens is 859 g/mol. The molecule has 9 N–H and O–H groups in total. The minimum atomic E-state index is -1.79. The standard InChI is InChI=1S/C53H99NO13/c1-3-5-7-9-11-13-15-16-17-18-19-20-21-22-23-24-25-26-27-29-31-33-35-37-45(58)54-41(42(57)36-34-32-30-28-14-12-10-8-6-4-2)40-64-52-50(63)48(61)51(44(39-56)66-52)67-53-49(62)47(60)46(59)43(38-55)65-53/h14,28,34,36,41-44,46-53,55-57,59-63H,3-13,15-27,29-33,35,37-40H2,1-2H3,(H,54,58)/b28-14+,36-34+. The average Bonchev–Trinajstić information content (AvgIpc) is 3.32. The minimum Gasteiger partial charge on any atom is -0.394 e. The summed E-state index contributed by atoms with van der Waals surface area (Å²) >= 11 is 0. The molecule has 2 saturated heterocycles. The largest absolute Gasteiger partial charge is 0.394 e. The molecule has 2 fully saturated rings. The second kappa shape index (κ2) is 40.1. The Labute approximate surface area is 405 Å². The van der Waals surface area contributed by atoms with E-state index in [1.54, 1.807) is 6.08 Å². The first-order valence-corrected chi connectivity index (χ1v) is 27.1. The van der Waals surface area contributed by atoms with E-state index in [9.17, 15) is 45.6 Å². The highest BCUT2D eigenvalue weighted by atomic mass is 16.7. The monoisotopic (exact) mass is 958 g/mol. The SMILES string of the molecule is CCCCCC/C=C/CC/C=C/C(O)C(COC1OC(CO)C(OC2OC(CO)C(O)C(O)C2O)C(O)C1O)NC(=O)CCCCCCCCCCCCCCCCCCCCCCCCC. The number of carbonyl (C=O) groups is 1. The van der Waals surface area contributed by atoms with Crippen LogP contribution < -0.4 is 5.32 Å². The molecule has 0 aromatic rings. The second-order valence-corrected chi connectivity index (χ2v) is 19.4. The fourth-order valence-corrected chi connectivity index (χ4v) is 8.95. The summed E-state index contributed by atoms with van der Waals surface area (Å²) in [5.74, 6) is -0.248. The van der Waals surface area contributed by atoms with Crippen LogP contribution >= 0.6 is 0 Å². The van der Waals surface area contributed by atoms with Crippen molar-refractivity contribution in [3.8, 4) is 0 Å². The van der Waals surface area contributed by atoms with Gasteiger partial charge in [0.2, 0.25) is 5.91 Å². The van der Waals surface area contributed by atoms with Gasteiger partial charge in [-0.15, -0.1) is 0 Å². The van der Waals surface area contributed by atoms with Crippen molar-refractivity contribution in [1.82, 2.24) is 5.32 Å².